The average Bonchev–Trinajstić information content (AvgIpc) is 3.23. The molecule has 3 heterocycles. The maximum Gasteiger partial charge on any atom is 0.322 e. The van der Waals surface area contributed by atoms with Crippen molar-refractivity contribution in [3.05, 3.63) is 65.3 Å². The van der Waals surface area contributed by atoms with Crippen LogP contribution >= 0.6 is 0 Å². The zero-order valence-electron chi connectivity index (χ0n) is 18.9. The van der Waals surface area contributed by atoms with Crippen LogP contribution in [0.1, 0.15) is 56.2 Å². The van der Waals surface area contributed by atoms with Crippen molar-refractivity contribution in [2.45, 2.75) is 45.1 Å². The zero-order valence-corrected chi connectivity index (χ0v) is 18.9. The number of halogens is 2. The molecule has 170 valence electrons. The van der Waals surface area contributed by atoms with Gasteiger partial charge in [-0.25, -0.2) is 0 Å². The van der Waals surface area contributed by atoms with E-state index >= 15 is 0 Å². The molecule has 0 radical (unpaired) electrons. The largest absolute Gasteiger partial charge is 0.380 e. The highest BCUT2D eigenvalue weighted by molar-refractivity contribution is 5.56. The first-order valence-electron chi connectivity index (χ1n) is 10.6. The van der Waals surface area contributed by atoms with Crippen LogP contribution in [0.5, 0.6) is 0 Å². The zero-order chi connectivity index (χ0) is 23.3. The third kappa shape index (κ3) is 3.71. The highest BCUT2D eigenvalue weighted by Gasteiger charge is 2.55. The van der Waals surface area contributed by atoms with Gasteiger partial charge in [-0.1, -0.05) is 50.2 Å². The summed E-state index contributed by atoms with van der Waals surface area (Å²) in [4.78, 5) is 10.2. The Morgan fingerprint density at radius 3 is 2.31 bits per heavy atom. The van der Waals surface area contributed by atoms with Gasteiger partial charge in [-0.3, -0.25) is 4.98 Å². The highest BCUT2D eigenvalue weighted by Crippen LogP contribution is 2.50. The van der Waals surface area contributed by atoms with Gasteiger partial charge in [0.25, 0.3) is 5.89 Å². The molecule has 1 N–H and O–H groups in total. The Balaban J connectivity index is 1.80. The number of nitrogens with zero attached hydrogens (tertiary/aromatic N) is 4. The molecule has 4 rings (SSSR count). The van der Waals surface area contributed by atoms with E-state index in [1.807, 2.05) is 38.2 Å². The van der Waals surface area contributed by atoms with Gasteiger partial charge in [-0.2, -0.15) is 13.8 Å². The van der Waals surface area contributed by atoms with Crippen molar-refractivity contribution in [2.75, 3.05) is 20.1 Å². The van der Waals surface area contributed by atoms with Crippen LogP contribution in [-0.2, 0) is 11.5 Å². The first kappa shape index (κ1) is 22.5. The lowest BCUT2D eigenvalue weighted by molar-refractivity contribution is -0.127. The van der Waals surface area contributed by atoms with Crippen LogP contribution in [0.3, 0.4) is 0 Å². The van der Waals surface area contributed by atoms with E-state index < -0.39 is 22.8 Å². The van der Waals surface area contributed by atoms with Gasteiger partial charge >= 0.3 is 5.92 Å². The molecule has 1 aromatic carbocycles. The Bertz CT molecular complexity index is 1100. The summed E-state index contributed by atoms with van der Waals surface area (Å²) >= 11 is 0. The summed E-state index contributed by atoms with van der Waals surface area (Å²) in [6.45, 7) is 8.36. The number of hydrogen-bond acceptors (Lipinski definition) is 6. The van der Waals surface area contributed by atoms with E-state index in [4.69, 9.17) is 4.52 Å². The van der Waals surface area contributed by atoms with Gasteiger partial charge in [0.1, 0.15) is 5.60 Å². The molecule has 1 saturated heterocycles. The van der Waals surface area contributed by atoms with E-state index in [9.17, 15) is 13.9 Å². The molecule has 0 amide bonds. The third-order valence-corrected chi connectivity index (χ3v) is 6.32. The predicted molar refractivity (Wildman–Crippen MR) is 116 cm³/mol. The number of pyridine rings is 1. The van der Waals surface area contributed by atoms with Gasteiger partial charge in [-0.05, 0) is 30.2 Å². The molecule has 6 nitrogen and oxygen atoms in total. The number of hydrogen-bond donors (Lipinski definition) is 1. The molecule has 0 bridgehead atoms. The van der Waals surface area contributed by atoms with Gasteiger partial charge in [0.05, 0.1) is 0 Å². The first-order valence-corrected chi connectivity index (χ1v) is 10.6. The van der Waals surface area contributed by atoms with Crippen molar-refractivity contribution < 1.29 is 18.4 Å². The minimum atomic E-state index is -3.24. The standard InChI is InChI=1S/C24H28F2N4O2/c1-15(2)16-6-8-18(9-7-16)24(31,22(3)13-30(5)14-22)19-10-17(11-27-12-19)20-28-21(32-29-20)23(4,25)26/h6-12,15,31H,13-14H2,1-5H3/t24-/m0/s1. The summed E-state index contributed by atoms with van der Waals surface area (Å²) < 4.78 is 31.8. The summed E-state index contributed by atoms with van der Waals surface area (Å²) in [5.74, 6) is -3.62. The normalized spacial score (nSPS) is 18.4. The number of alkyl halides is 2. The lowest BCUT2D eigenvalue weighted by Crippen LogP contribution is -2.63. The molecule has 3 aromatic rings. The highest BCUT2D eigenvalue weighted by atomic mass is 19.3. The smallest absolute Gasteiger partial charge is 0.322 e. The van der Waals surface area contributed by atoms with Crippen LogP contribution < -0.4 is 0 Å². The number of benzene rings is 1. The maximum atomic E-state index is 13.6. The van der Waals surface area contributed by atoms with Crippen LogP contribution in [0, 0.1) is 5.41 Å². The Hall–Kier alpha value is -2.71. The second kappa shape index (κ2) is 7.71. The fourth-order valence-corrected chi connectivity index (χ4v) is 4.63. The fourth-order valence-electron chi connectivity index (χ4n) is 4.63. The van der Waals surface area contributed by atoms with Gasteiger partial charge < -0.3 is 14.5 Å². The minimum absolute atomic E-state index is 0.00395. The number of likely N-dealkylation sites (tertiary alicyclic amines) is 1. The Kier molecular flexibility index (Phi) is 5.41. The molecule has 1 atom stereocenters. The van der Waals surface area contributed by atoms with Crippen LogP contribution in [-0.4, -0.2) is 45.3 Å². The first-order chi connectivity index (χ1) is 14.9. The SMILES string of the molecule is CC(C)c1ccc([C@](O)(c2cncc(-c3noc(C(C)(F)F)n3)c2)C2(C)CN(C)C2)cc1. The van der Waals surface area contributed by atoms with Gasteiger partial charge in [0.15, 0.2) is 0 Å². The van der Waals surface area contributed by atoms with E-state index in [2.05, 4.69) is 33.9 Å². The third-order valence-electron chi connectivity index (χ3n) is 6.32. The van der Waals surface area contributed by atoms with Crippen LogP contribution in [0.2, 0.25) is 0 Å². The Morgan fingerprint density at radius 2 is 1.78 bits per heavy atom. The number of rotatable bonds is 6. The molecule has 0 spiro atoms. The van der Waals surface area contributed by atoms with Gasteiger partial charge in [-0.15, -0.1) is 0 Å². The van der Waals surface area contributed by atoms with Gasteiger partial charge in [0.2, 0.25) is 5.82 Å². The summed E-state index contributed by atoms with van der Waals surface area (Å²) in [7, 11) is 2.00. The number of aliphatic hydroxyl groups is 1. The Morgan fingerprint density at radius 1 is 1.12 bits per heavy atom. The molecule has 1 aliphatic heterocycles. The van der Waals surface area contributed by atoms with Gasteiger partial charge in [0, 0.05) is 48.9 Å². The van der Waals surface area contributed by atoms with Crippen molar-refractivity contribution >= 4 is 0 Å². The monoisotopic (exact) mass is 442 g/mol. The van der Waals surface area contributed by atoms with Crippen molar-refractivity contribution in [3.8, 4) is 11.4 Å². The molecule has 8 heteroatoms. The molecule has 32 heavy (non-hydrogen) atoms. The van der Waals surface area contributed by atoms with E-state index in [1.165, 1.54) is 11.8 Å². The number of aromatic nitrogens is 3. The molecular formula is C24H28F2N4O2. The maximum absolute atomic E-state index is 13.6. The van der Waals surface area contributed by atoms with Crippen molar-refractivity contribution in [1.82, 2.24) is 20.0 Å². The second-order valence-corrected chi connectivity index (χ2v) is 9.49. The van der Waals surface area contributed by atoms with E-state index in [0.29, 0.717) is 37.1 Å². The predicted octanol–water partition coefficient (Wildman–Crippen LogP) is 4.55. The summed E-state index contributed by atoms with van der Waals surface area (Å²) in [6, 6.07) is 9.67. The van der Waals surface area contributed by atoms with E-state index in [0.717, 1.165) is 5.56 Å². The molecular weight excluding hydrogens is 414 g/mol. The summed E-state index contributed by atoms with van der Waals surface area (Å²) in [5.41, 5.74) is 1.07. The molecule has 1 fully saturated rings. The van der Waals surface area contributed by atoms with Crippen LogP contribution in [0.4, 0.5) is 8.78 Å². The molecule has 0 unspecified atom stereocenters. The second-order valence-electron chi connectivity index (χ2n) is 9.49. The summed E-state index contributed by atoms with van der Waals surface area (Å²) in [6.07, 6.45) is 3.09. The quantitative estimate of drug-likeness (QED) is 0.604. The van der Waals surface area contributed by atoms with E-state index in [1.54, 1.807) is 12.3 Å². The van der Waals surface area contributed by atoms with Crippen LogP contribution in [0.25, 0.3) is 11.4 Å². The topological polar surface area (TPSA) is 75.3 Å². The molecule has 0 saturated carbocycles. The average molecular weight is 443 g/mol. The van der Waals surface area contributed by atoms with Crippen molar-refractivity contribution in [2.24, 2.45) is 5.41 Å². The van der Waals surface area contributed by atoms with Crippen molar-refractivity contribution in [3.63, 3.8) is 0 Å². The Labute approximate surface area is 186 Å². The lowest BCUT2D eigenvalue weighted by Gasteiger charge is -2.55. The van der Waals surface area contributed by atoms with Crippen molar-refractivity contribution in [1.29, 1.82) is 0 Å². The van der Waals surface area contributed by atoms with Crippen LogP contribution in [0.15, 0.2) is 47.2 Å². The minimum Gasteiger partial charge on any atom is -0.380 e. The fraction of sp³-hybridized carbons (Fsp3) is 0.458. The molecule has 1 aliphatic rings. The lowest BCUT2D eigenvalue weighted by atomic mass is 9.62. The summed E-state index contributed by atoms with van der Waals surface area (Å²) in [5, 5.41) is 15.9. The van der Waals surface area contributed by atoms with E-state index in [-0.39, 0.29) is 5.82 Å². The molecule has 2 aromatic heterocycles. The molecule has 0 aliphatic carbocycles.